The van der Waals surface area contributed by atoms with Crippen molar-refractivity contribution in [3.8, 4) is 6.07 Å². The zero-order valence-corrected chi connectivity index (χ0v) is 10.2. The first-order chi connectivity index (χ1) is 8.26. The molecule has 1 aromatic rings. The van der Waals surface area contributed by atoms with Gasteiger partial charge < -0.3 is 10.6 Å². The monoisotopic (exact) mass is 247 g/mol. The fourth-order valence-corrected chi connectivity index (χ4v) is 3.03. The van der Waals surface area contributed by atoms with Gasteiger partial charge in [0.15, 0.2) is 0 Å². The van der Waals surface area contributed by atoms with Crippen molar-refractivity contribution in [1.29, 1.82) is 5.26 Å². The van der Waals surface area contributed by atoms with E-state index in [1.165, 1.54) is 11.3 Å². The van der Waals surface area contributed by atoms with Gasteiger partial charge in [0.1, 0.15) is 11.1 Å². The summed E-state index contributed by atoms with van der Waals surface area (Å²) in [4.78, 5) is 12.6. The number of hydrogen-bond donors (Lipinski definition) is 2. The number of carbonyl (C=O) groups is 1. The zero-order chi connectivity index (χ0) is 12.3. The van der Waals surface area contributed by atoms with E-state index in [0.717, 1.165) is 30.0 Å². The Labute approximate surface area is 104 Å². The minimum absolute atomic E-state index is 0.122. The van der Waals surface area contributed by atoms with Gasteiger partial charge in [0, 0.05) is 17.8 Å². The van der Waals surface area contributed by atoms with Crippen LogP contribution in [0.25, 0.3) is 0 Å². The smallest absolute Gasteiger partial charge is 0.228 e. The number of carbonyl (C=O) groups excluding carboxylic acids is 1. The Morgan fingerprint density at radius 2 is 2.53 bits per heavy atom. The fraction of sp³-hybridized carbons (Fsp3) is 0.333. The zero-order valence-electron chi connectivity index (χ0n) is 9.38. The van der Waals surface area contributed by atoms with Gasteiger partial charge in [-0.2, -0.15) is 5.26 Å². The highest BCUT2D eigenvalue weighted by Crippen LogP contribution is 2.34. The highest BCUT2D eigenvalue weighted by molar-refractivity contribution is 7.16. The van der Waals surface area contributed by atoms with Crippen LogP contribution in [0.2, 0.25) is 0 Å². The predicted molar refractivity (Wildman–Crippen MR) is 67.9 cm³/mol. The van der Waals surface area contributed by atoms with Crippen LogP contribution >= 0.6 is 11.3 Å². The van der Waals surface area contributed by atoms with Crippen LogP contribution in [-0.4, -0.2) is 12.5 Å². The normalized spacial score (nSPS) is 13.6. The van der Waals surface area contributed by atoms with Crippen molar-refractivity contribution in [3.63, 3.8) is 0 Å². The van der Waals surface area contributed by atoms with Crippen molar-refractivity contribution in [1.82, 2.24) is 5.32 Å². The number of thiophene rings is 1. The molecule has 4 nitrogen and oxygen atoms in total. The number of anilines is 1. The van der Waals surface area contributed by atoms with E-state index in [-0.39, 0.29) is 12.3 Å². The van der Waals surface area contributed by atoms with E-state index in [0.29, 0.717) is 10.6 Å². The van der Waals surface area contributed by atoms with E-state index < -0.39 is 0 Å². The molecule has 2 rings (SSSR count). The summed E-state index contributed by atoms with van der Waals surface area (Å²) < 4.78 is 0. The minimum atomic E-state index is -0.122. The van der Waals surface area contributed by atoms with Gasteiger partial charge in [-0.25, -0.2) is 0 Å². The van der Waals surface area contributed by atoms with Gasteiger partial charge in [-0.3, -0.25) is 4.79 Å². The molecule has 0 radical (unpaired) electrons. The standard InChI is InChI=1S/C12H13N3OS/c1-2-3-11(16)15-12-9(6-13)8-4-5-14-7-10(8)17-12/h2,14H,1,3-5,7H2,(H,15,16). The first-order valence-corrected chi connectivity index (χ1v) is 6.24. The van der Waals surface area contributed by atoms with E-state index in [1.54, 1.807) is 6.08 Å². The topological polar surface area (TPSA) is 64.9 Å². The Morgan fingerprint density at radius 1 is 1.71 bits per heavy atom. The molecule has 17 heavy (non-hydrogen) atoms. The molecular formula is C12H13N3OS. The molecule has 2 heterocycles. The lowest BCUT2D eigenvalue weighted by atomic mass is 10.1. The quantitative estimate of drug-likeness (QED) is 0.800. The summed E-state index contributed by atoms with van der Waals surface area (Å²) in [6, 6.07) is 2.19. The SMILES string of the molecule is C=CCC(=O)Nc1sc2c(c1C#N)CCNC2. The van der Waals surface area contributed by atoms with E-state index in [2.05, 4.69) is 23.3 Å². The number of hydrogen-bond acceptors (Lipinski definition) is 4. The fourth-order valence-electron chi connectivity index (χ4n) is 1.85. The molecule has 88 valence electrons. The summed E-state index contributed by atoms with van der Waals surface area (Å²) in [5, 5.41) is 15.9. The molecule has 1 aliphatic rings. The molecule has 0 aromatic carbocycles. The molecular weight excluding hydrogens is 234 g/mol. The summed E-state index contributed by atoms with van der Waals surface area (Å²) in [6.45, 7) is 5.19. The Kier molecular flexibility index (Phi) is 3.57. The molecule has 0 saturated carbocycles. The molecule has 0 bridgehead atoms. The Hall–Kier alpha value is -1.64. The number of amides is 1. The molecule has 1 aromatic heterocycles. The van der Waals surface area contributed by atoms with Crippen molar-refractivity contribution in [3.05, 3.63) is 28.7 Å². The Morgan fingerprint density at radius 3 is 3.24 bits per heavy atom. The Balaban J connectivity index is 2.28. The molecule has 2 N–H and O–H groups in total. The third-order valence-corrected chi connectivity index (χ3v) is 3.77. The molecule has 0 fully saturated rings. The molecule has 5 heteroatoms. The second-order valence-electron chi connectivity index (χ2n) is 3.79. The molecule has 1 aliphatic heterocycles. The molecule has 1 amide bonds. The molecule has 0 saturated heterocycles. The number of nitrogens with zero attached hydrogens (tertiary/aromatic N) is 1. The number of nitrogens with one attached hydrogen (secondary N) is 2. The van der Waals surface area contributed by atoms with Gasteiger partial charge in [0.05, 0.1) is 5.56 Å². The highest BCUT2D eigenvalue weighted by Gasteiger charge is 2.21. The van der Waals surface area contributed by atoms with Gasteiger partial charge in [-0.05, 0) is 18.5 Å². The maximum atomic E-state index is 11.5. The van der Waals surface area contributed by atoms with Gasteiger partial charge in [0.2, 0.25) is 5.91 Å². The van der Waals surface area contributed by atoms with Crippen LogP contribution in [0.5, 0.6) is 0 Å². The maximum absolute atomic E-state index is 11.5. The third kappa shape index (κ3) is 2.38. The number of fused-ring (bicyclic) bond motifs is 1. The molecule has 0 spiro atoms. The van der Waals surface area contributed by atoms with Crippen LogP contribution in [-0.2, 0) is 17.8 Å². The third-order valence-electron chi connectivity index (χ3n) is 2.62. The van der Waals surface area contributed by atoms with E-state index in [9.17, 15) is 10.1 Å². The lowest BCUT2D eigenvalue weighted by Gasteiger charge is -2.11. The first kappa shape index (κ1) is 11.8. The van der Waals surface area contributed by atoms with Crippen LogP contribution in [0.15, 0.2) is 12.7 Å². The van der Waals surface area contributed by atoms with Crippen molar-refractivity contribution >= 4 is 22.2 Å². The summed E-state index contributed by atoms with van der Waals surface area (Å²) in [5.74, 6) is -0.122. The first-order valence-electron chi connectivity index (χ1n) is 5.42. The largest absolute Gasteiger partial charge is 0.316 e. The lowest BCUT2D eigenvalue weighted by molar-refractivity contribution is -0.115. The van der Waals surface area contributed by atoms with Gasteiger partial charge >= 0.3 is 0 Å². The van der Waals surface area contributed by atoms with Crippen molar-refractivity contribution in [2.45, 2.75) is 19.4 Å². The van der Waals surface area contributed by atoms with Crippen molar-refractivity contribution < 1.29 is 4.79 Å². The second-order valence-corrected chi connectivity index (χ2v) is 4.89. The average Bonchev–Trinajstić information content (AvgIpc) is 2.66. The van der Waals surface area contributed by atoms with Crippen molar-refractivity contribution in [2.75, 3.05) is 11.9 Å². The summed E-state index contributed by atoms with van der Waals surface area (Å²) in [7, 11) is 0. The highest BCUT2D eigenvalue weighted by atomic mass is 32.1. The van der Waals surface area contributed by atoms with Crippen LogP contribution < -0.4 is 10.6 Å². The predicted octanol–water partition coefficient (Wildman–Crippen LogP) is 1.78. The average molecular weight is 247 g/mol. The summed E-state index contributed by atoms with van der Waals surface area (Å²) in [6.07, 6.45) is 2.67. The Bertz CT molecular complexity index is 499. The van der Waals surface area contributed by atoms with Gasteiger partial charge in [-0.15, -0.1) is 17.9 Å². The van der Waals surface area contributed by atoms with Crippen LogP contribution in [0.1, 0.15) is 22.4 Å². The maximum Gasteiger partial charge on any atom is 0.228 e. The number of rotatable bonds is 3. The molecule has 0 unspecified atom stereocenters. The molecule has 0 aliphatic carbocycles. The van der Waals surface area contributed by atoms with E-state index >= 15 is 0 Å². The van der Waals surface area contributed by atoms with E-state index in [4.69, 9.17) is 0 Å². The van der Waals surface area contributed by atoms with Crippen LogP contribution in [0.4, 0.5) is 5.00 Å². The molecule has 0 atom stereocenters. The van der Waals surface area contributed by atoms with Crippen LogP contribution in [0.3, 0.4) is 0 Å². The second kappa shape index (κ2) is 5.13. The van der Waals surface area contributed by atoms with Gasteiger partial charge in [0.25, 0.3) is 0 Å². The van der Waals surface area contributed by atoms with Crippen molar-refractivity contribution in [2.24, 2.45) is 0 Å². The lowest BCUT2D eigenvalue weighted by Crippen LogP contribution is -2.22. The summed E-state index contributed by atoms with van der Waals surface area (Å²) >= 11 is 1.49. The number of nitriles is 1. The van der Waals surface area contributed by atoms with E-state index in [1.807, 2.05) is 0 Å². The summed E-state index contributed by atoms with van der Waals surface area (Å²) in [5.41, 5.74) is 1.72. The van der Waals surface area contributed by atoms with Gasteiger partial charge in [-0.1, -0.05) is 6.08 Å². The van der Waals surface area contributed by atoms with Crippen LogP contribution in [0, 0.1) is 11.3 Å². The minimum Gasteiger partial charge on any atom is -0.316 e.